The minimum Gasteiger partial charge on any atom is -0.493 e. The molecule has 0 aliphatic carbocycles. The Labute approximate surface area is 149 Å². The summed E-state index contributed by atoms with van der Waals surface area (Å²) in [6.45, 7) is 4.44. The third-order valence-electron chi connectivity index (χ3n) is 3.20. The van der Waals surface area contributed by atoms with Crippen LogP contribution in [0, 0.1) is 6.92 Å². The van der Waals surface area contributed by atoms with E-state index in [4.69, 9.17) is 15.2 Å². The van der Waals surface area contributed by atoms with E-state index < -0.39 is 0 Å². The van der Waals surface area contributed by atoms with E-state index >= 15 is 0 Å². The summed E-state index contributed by atoms with van der Waals surface area (Å²) in [7, 11) is 1.57. The molecule has 0 amide bonds. The van der Waals surface area contributed by atoms with Gasteiger partial charge in [0.2, 0.25) is 0 Å². The third-order valence-corrected chi connectivity index (χ3v) is 3.79. The van der Waals surface area contributed by atoms with Crippen LogP contribution >= 0.6 is 15.9 Å². The summed E-state index contributed by atoms with van der Waals surface area (Å²) in [6, 6.07) is 6.80. The SMILES string of the molecule is CCCOc1c(Br)cc(/C=N\n2c(N)cc(C)cc2=O)cc1OC. The maximum atomic E-state index is 12.0. The summed E-state index contributed by atoms with van der Waals surface area (Å²) in [5.74, 6) is 1.51. The number of anilines is 1. The van der Waals surface area contributed by atoms with Gasteiger partial charge in [-0.2, -0.15) is 9.78 Å². The van der Waals surface area contributed by atoms with Crippen molar-refractivity contribution >= 4 is 28.0 Å². The normalized spacial score (nSPS) is 11.0. The number of ether oxygens (including phenoxy) is 2. The molecule has 1 aromatic carbocycles. The molecule has 0 fully saturated rings. The van der Waals surface area contributed by atoms with E-state index in [0.717, 1.165) is 26.7 Å². The van der Waals surface area contributed by atoms with Crippen LogP contribution < -0.4 is 20.8 Å². The van der Waals surface area contributed by atoms with Crippen LogP contribution in [0.15, 0.2) is 38.6 Å². The number of nitrogens with two attached hydrogens (primary N) is 1. The van der Waals surface area contributed by atoms with Crippen molar-refractivity contribution in [2.75, 3.05) is 19.5 Å². The first kappa shape index (κ1) is 18.1. The van der Waals surface area contributed by atoms with Gasteiger partial charge >= 0.3 is 0 Å². The molecule has 0 unspecified atom stereocenters. The molecular weight excluding hydrogens is 374 g/mol. The fraction of sp³-hybridized carbons (Fsp3) is 0.294. The lowest BCUT2D eigenvalue weighted by Crippen LogP contribution is -2.19. The van der Waals surface area contributed by atoms with Crippen molar-refractivity contribution in [3.05, 3.63) is 50.2 Å². The number of aryl methyl sites for hydroxylation is 1. The van der Waals surface area contributed by atoms with Gasteiger partial charge in [-0.1, -0.05) is 6.92 Å². The van der Waals surface area contributed by atoms with Crippen LogP contribution in [-0.2, 0) is 0 Å². The molecule has 0 saturated heterocycles. The molecule has 128 valence electrons. The second-order valence-electron chi connectivity index (χ2n) is 5.23. The van der Waals surface area contributed by atoms with Gasteiger partial charge in [0, 0.05) is 6.07 Å². The van der Waals surface area contributed by atoms with Crippen molar-refractivity contribution in [2.24, 2.45) is 5.10 Å². The van der Waals surface area contributed by atoms with E-state index in [2.05, 4.69) is 21.0 Å². The van der Waals surface area contributed by atoms with Crippen LogP contribution in [-0.4, -0.2) is 24.6 Å². The molecule has 2 N–H and O–H groups in total. The zero-order valence-corrected chi connectivity index (χ0v) is 15.5. The van der Waals surface area contributed by atoms with Gasteiger partial charge < -0.3 is 15.2 Å². The summed E-state index contributed by atoms with van der Waals surface area (Å²) in [6.07, 6.45) is 2.44. The van der Waals surface area contributed by atoms with Gasteiger partial charge in [-0.05, 0) is 58.6 Å². The largest absolute Gasteiger partial charge is 0.493 e. The molecule has 0 aliphatic rings. The lowest BCUT2D eigenvalue weighted by Gasteiger charge is -2.12. The highest BCUT2D eigenvalue weighted by Gasteiger charge is 2.11. The molecular formula is C17H20BrN3O3. The van der Waals surface area contributed by atoms with Gasteiger partial charge in [-0.15, -0.1) is 0 Å². The van der Waals surface area contributed by atoms with E-state index in [1.54, 1.807) is 25.5 Å². The van der Waals surface area contributed by atoms with E-state index in [1.807, 2.05) is 19.9 Å². The average molecular weight is 394 g/mol. The second-order valence-corrected chi connectivity index (χ2v) is 6.09. The Bertz CT molecular complexity index is 815. The van der Waals surface area contributed by atoms with Gasteiger partial charge in [-0.25, -0.2) is 0 Å². The lowest BCUT2D eigenvalue weighted by atomic mass is 10.2. The molecule has 2 aromatic rings. The molecule has 1 aromatic heterocycles. The Morgan fingerprint density at radius 1 is 1.33 bits per heavy atom. The lowest BCUT2D eigenvalue weighted by molar-refractivity contribution is 0.292. The Kier molecular flexibility index (Phi) is 6.03. The van der Waals surface area contributed by atoms with Gasteiger partial charge in [0.05, 0.1) is 24.4 Å². The zero-order chi connectivity index (χ0) is 17.7. The predicted octanol–water partition coefficient (Wildman–Crippen LogP) is 3.18. The van der Waals surface area contributed by atoms with Gasteiger partial charge in [0.25, 0.3) is 5.56 Å². The Hall–Kier alpha value is -2.28. The average Bonchev–Trinajstić information content (AvgIpc) is 2.52. The predicted molar refractivity (Wildman–Crippen MR) is 99.3 cm³/mol. The molecule has 0 bridgehead atoms. The molecule has 2 rings (SSSR count). The summed E-state index contributed by atoms with van der Waals surface area (Å²) in [5, 5.41) is 4.16. The highest BCUT2D eigenvalue weighted by atomic mass is 79.9. The van der Waals surface area contributed by atoms with Crippen molar-refractivity contribution in [2.45, 2.75) is 20.3 Å². The van der Waals surface area contributed by atoms with Crippen molar-refractivity contribution < 1.29 is 9.47 Å². The molecule has 0 radical (unpaired) electrons. The first-order valence-electron chi connectivity index (χ1n) is 7.50. The minimum atomic E-state index is -0.280. The monoisotopic (exact) mass is 393 g/mol. The smallest absolute Gasteiger partial charge is 0.273 e. The van der Waals surface area contributed by atoms with Crippen molar-refractivity contribution in [3.8, 4) is 11.5 Å². The van der Waals surface area contributed by atoms with Crippen LogP contribution in [0.4, 0.5) is 5.82 Å². The summed E-state index contributed by atoms with van der Waals surface area (Å²) in [4.78, 5) is 12.0. The fourth-order valence-corrected chi connectivity index (χ4v) is 2.70. The van der Waals surface area contributed by atoms with E-state index in [9.17, 15) is 4.79 Å². The van der Waals surface area contributed by atoms with Gasteiger partial charge in [0.1, 0.15) is 5.82 Å². The van der Waals surface area contributed by atoms with Crippen LogP contribution in [0.1, 0.15) is 24.5 Å². The number of halogens is 1. The summed E-state index contributed by atoms with van der Waals surface area (Å²) in [5.41, 5.74) is 7.11. The van der Waals surface area contributed by atoms with E-state index in [-0.39, 0.29) is 11.4 Å². The van der Waals surface area contributed by atoms with Crippen molar-refractivity contribution in [1.29, 1.82) is 0 Å². The van der Waals surface area contributed by atoms with E-state index in [0.29, 0.717) is 18.1 Å². The number of pyridine rings is 1. The maximum Gasteiger partial charge on any atom is 0.273 e. The quantitative estimate of drug-likeness (QED) is 0.764. The van der Waals surface area contributed by atoms with Crippen LogP contribution in [0.5, 0.6) is 11.5 Å². The molecule has 0 aliphatic heterocycles. The van der Waals surface area contributed by atoms with Crippen LogP contribution in [0.2, 0.25) is 0 Å². The molecule has 0 atom stereocenters. The summed E-state index contributed by atoms with van der Waals surface area (Å²) < 4.78 is 13.0. The Morgan fingerprint density at radius 2 is 2.08 bits per heavy atom. The number of hydrogen-bond acceptors (Lipinski definition) is 5. The molecule has 1 heterocycles. The molecule has 7 heteroatoms. The number of nitrogens with zero attached hydrogens (tertiary/aromatic N) is 2. The van der Waals surface area contributed by atoms with E-state index in [1.165, 1.54) is 6.07 Å². The Morgan fingerprint density at radius 3 is 2.71 bits per heavy atom. The summed E-state index contributed by atoms with van der Waals surface area (Å²) >= 11 is 3.47. The third kappa shape index (κ3) is 4.17. The number of benzene rings is 1. The van der Waals surface area contributed by atoms with Crippen LogP contribution in [0.3, 0.4) is 0 Å². The topological polar surface area (TPSA) is 78.8 Å². The number of hydrogen-bond donors (Lipinski definition) is 1. The maximum absolute atomic E-state index is 12.0. The molecule has 6 nitrogen and oxygen atoms in total. The minimum absolute atomic E-state index is 0.280. The molecule has 0 saturated carbocycles. The first-order chi connectivity index (χ1) is 11.5. The standard InChI is InChI=1S/C17H20BrN3O3/c1-4-5-24-17-13(18)8-12(9-14(17)23-3)10-20-21-15(19)6-11(2)7-16(21)22/h6-10H,4-5,19H2,1-3H3/b20-10-. The molecule has 0 spiro atoms. The highest BCUT2D eigenvalue weighted by Crippen LogP contribution is 2.36. The Balaban J connectivity index is 2.37. The van der Waals surface area contributed by atoms with Crippen molar-refractivity contribution in [1.82, 2.24) is 4.68 Å². The fourth-order valence-electron chi connectivity index (χ4n) is 2.13. The highest BCUT2D eigenvalue weighted by molar-refractivity contribution is 9.10. The number of nitrogen functional groups attached to an aromatic ring is 1. The first-order valence-corrected chi connectivity index (χ1v) is 8.29. The number of methoxy groups -OCH3 is 1. The number of aromatic nitrogens is 1. The van der Waals surface area contributed by atoms with Crippen molar-refractivity contribution in [3.63, 3.8) is 0 Å². The zero-order valence-electron chi connectivity index (χ0n) is 13.9. The van der Waals surface area contributed by atoms with Crippen LogP contribution in [0.25, 0.3) is 0 Å². The molecule has 24 heavy (non-hydrogen) atoms. The van der Waals surface area contributed by atoms with Gasteiger partial charge in [-0.3, -0.25) is 4.79 Å². The second kappa shape index (κ2) is 8.01. The number of rotatable bonds is 6. The van der Waals surface area contributed by atoms with Gasteiger partial charge in [0.15, 0.2) is 11.5 Å².